The van der Waals surface area contributed by atoms with Gasteiger partial charge in [-0.1, -0.05) is 18.2 Å². The maximum Gasteiger partial charge on any atom is 0.146 e. The van der Waals surface area contributed by atoms with Gasteiger partial charge in [-0.2, -0.15) is 0 Å². The molecule has 1 aromatic rings. The summed E-state index contributed by atoms with van der Waals surface area (Å²) < 4.78 is 5.61. The maximum atomic E-state index is 11.3. The van der Waals surface area contributed by atoms with Gasteiger partial charge in [-0.15, -0.1) is 0 Å². The normalized spacial score (nSPS) is 17.1. The lowest BCUT2D eigenvalue weighted by atomic mass is 10.1. The van der Waals surface area contributed by atoms with Crippen LogP contribution in [0.3, 0.4) is 0 Å². The van der Waals surface area contributed by atoms with Crippen LogP contribution in [-0.2, 0) is 4.79 Å². The van der Waals surface area contributed by atoms with E-state index < -0.39 is 0 Å². The highest BCUT2D eigenvalue weighted by Crippen LogP contribution is 2.09. The van der Waals surface area contributed by atoms with Crippen molar-refractivity contribution in [1.82, 2.24) is 4.90 Å². The number of nitrogens with zero attached hydrogens (tertiary/aromatic N) is 1. The lowest BCUT2D eigenvalue weighted by Crippen LogP contribution is -2.36. The van der Waals surface area contributed by atoms with E-state index in [9.17, 15) is 4.79 Å². The third-order valence-corrected chi connectivity index (χ3v) is 2.96. The second-order valence-electron chi connectivity index (χ2n) is 4.43. The van der Waals surface area contributed by atoms with Gasteiger partial charge in [0.15, 0.2) is 0 Å². The Morgan fingerprint density at radius 3 is 2.82 bits per heavy atom. The number of Topliss-reactive ketones (excluding diaryl/α,β-unsaturated/α-hetero) is 1. The van der Waals surface area contributed by atoms with Gasteiger partial charge in [0, 0.05) is 13.0 Å². The summed E-state index contributed by atoms with van der Waals surface area (Å²) in [5.41, 5.74) is 0. The van der Waals surface area contributed by atoms with Gasteiger partial charge in [0.2, 0.25) is 0 Å². The Hall–Kier alpha value is -1.35. The quantitative estimate of drug-likeness (QED) is 0.730. The molecule has 92 valence electrons. The molecular formula is C14H19NO2. The molecule has 1 saturated heterocycles. The number of rotatable bonds is 5. The molecule has 1 aromatic carbocycles. The molecule has 1 heterocycles. The van der Waals surface area contributed by atoms with Crippen LogP contribution in [0.1, 0.15) is 19.3 Å². The number of ketones is 1. The van der Waals surface area contributed by atoms with Crippen molar-refractivity contribution in [3.05, 3.63) is 30.3 Å². The number of likely N-dealkylation sites (tertiary alicyclic amines) is 1. The fourth-order valence-corrected chi connectivity index (χ4v) is 2.09. The summed E-state index contributed by atoms with van der Waals surface area (Å²) in [6.45, 7) is 3.36. The van der Waals surface area contributed by atoms with Crippen LogP contribution in [0.4, 0.5) is 0 Å². The lowest BCUT2D eigenvalue weighted by molar-refractivity contribution is -0.122. The van der Waals surface area contributed by atoms with Crippen LogP contribution in [0.2, 0.25) is 0 Å². The highest BCUT2D eigenvalue weighted by atomic mass is 16.5. The lowest BCUT2D eigenvalue weighted by Gasteiger charge is -2.25. The predicted octanol–water partition coefficient (Wildman–Crippen LogP) is 2.12. The van der Waals surface area contributed by atoms with Crippen molar-refractivity contribution < 1.29 is 9.53 Å². The highest BCUT2D eigenvalue weighted by molar-refractivity contribution is 5.81. The third-order valence-electron chi connectivity index (χ3n) is 2.96. The van der Waals surface area contributed by atoms with Crippen LogP contribution in [0.15, 0.2) is 30.3 Å². The Labute approximate surface area is 102 Å². The number of hydrogen-bond donors (Lipinski definition) is 0. The smallest absolute Gasteiger partial charge is 0.146 e. The fourth-order valence-electron chi connectivity index (χ4n) is 2.09. The van der Waals surface area contributed by atoms with Gasteiger partial charge in [0.25, 0.3) is 0 Å². The van der Waals surface area contributed by atoms with Gasteiger partial charge in [0.05, 0.1) is 13.2 Å². The summed E-state index contributed by atoms with van der Waals surface area (Å²) >= 11 is 0. The molecule has 0 unspecified atom stereocenters. The zero-order valence-corrected chi connectivity index (χ0v) is 10.1. The predicted molar refractivity (Wildman–Crippen MR) is 67.2 cm³/mol. The molecule has 0 aromatic heterocycles. The van der Waals surface area contributed by atoms with E-state index in [1.807, 2.05) is 30.3 Å². The van der Waals surface area contributed by atoms with Crippen LogP contribution in [0, 0.1) is 0 Å². The van der Waals surface area contributed by atoms with E-state index in [0.29, 0.717) is 18.9 Å². The molecule has 0 amide bonds. The van der Waals surface area contributed by atoms with Crippen molar-refractivity contribution >= 4 is 5.78 Å². The van der Waals surface area contributed by atoms with E-state index in [2.05, 4.69) is 4.90 Å². The van der Waals surface area contributed by atoms with Crippen LogP contribution in [0.25, 0.3) is 0 Å². The van der Waals surface area contributed by atoms with E-state index in [0.717, 1.165) is 38.1 Å². The SMILES string of the molecule is O=C1CCCN(CCCOc2ccccc2)C1. The molecule has 17 heavy (non-hydrogen) atoms. The zero-order chi connectivity index (χ0) is 11.9. The Bertz CT molecular complexity index is 350. The van der Waals surface area contributed by atoms with Gasteiger partial charge < -0.3 is 4.74 Å². The molecule has 0 spiro atoms. The average Bonchev–Trinajstić information content (AvgIpc) is 2.36. The number of para-hydroxylation sites is 1. The van der Waals surface area contributed by atoms with Crippen LogP contribution < -0.4 is 4.74 Å². The molecule has 0 N–H and O–H groups in total. The highest BCUT2D eigenvalue weighted by Gasteiger charge is 2.15. The Balaban J connectivity index is 1.61. The summed E-state index contributed by atoms with van der Waals surface area (Å²) in [5.74, 6) is 1.29. The summed E-state index contributed by atoms with van der Waals surface area (Å²) in [6.07, 6.45) is 2.75. The van der Waals surface area contributed by atoms with Gasteiger partial charge in [0.1, 0.15) is 11.5 Å². The Morgan fingerprint density at radius 1 is 1.24 bits per heavy atom. The topological polar surface area (TPSA) is 29.5 Å². The molecule has 0 saturated carbocycles. The average molecular weight is 233 g/mol. The number of piperidine rings is 1. The molecule has 0 radical (unpaired) electrons. The number of carbonyl (C=O) groups is 1. The summed E-state index contributed by atoms with van der Waals surface area (Å²) in [6, 6.07) is 9.85. The van der Waals surface area contributed by atoms with E-state index >= 15 is 0 Å². The number of benzene rings is 1. The van der Waals surface area contributed by atoms with Gasteiger partial charge >= 0.3 is 0 Å². The van der Waals surface area contributed by atoms with Crippen LogP contribution in [0.5, 0.6) is 5.75 Å². The molecule has 1 aliphatic rings. The number of ether oxygens (including phenoxy) is 1. The van der Waals surface area contributed by atoms with Gasteiger partial charge in [-0.3, -0.25) is 9.69 Å². The summed E-state index contributed by atoms with van der Waals surface area (Å²) in [4.78, 5) is 13.5. The van der Waals surface area contributed by atoms with Crippen LogP contribution >= 0.6 is 0 Å². The number of carbonyl (C=O) groups excluding carboxylic acids is 1. The second-order valence-corrected chi connectivity index (χ2v) is 4.43. The first kappa shape index (κ1) is 12.1. The summed E-state index contributed by atoms with van der Waals surface area (Å²) in [5, 5.41) is 0. The molecule has 3 heteroatoms. The molecule has 0 atom stereocenters. The molecule has 1 fully saturated rings. The minimum Gasteiger partial charge on any atom is -0.494 e. The minimum absolute atomic E-state index is 0.375. The molecular weight excluding hydrogens is 214 g/mol. The van der Waals surface area contributed by atoms with Gasteiger partial charge in [-0.25, -0.2) is 0 Å². The van der Waals surface area contributed by atoms with E-state index in [-0.39, 0.29) is 0 Å². The first-order valence-corrected chi connectivity index (χ1v) is 6.26. The van der Waals surface area contributed by atoms with Crippen molar-refractivity contribution in [1.29, 1.82) is 0 Å². The largest absolute Gasteiger partial charge is 0.494 e. The van der Waals surface area contributed by atoms with E-state index in [1.54, 1.807) is 0 Å². The fraction of sp³-hybridized carbons (Fsp3) is 0.500. The first-order chi connectivity index (χ1) is 8.34. The van der Waals surface area contributed by atoms with E-state index in [4.69, 9.17) is 4.74 Å². The van der Waals surface area contributed by atoms with Crippen LogP contribution in [-0.4, -0.2) is 36.9 Å². The van der Waals surface area contributed by atoms with E-state index in [1.165, 1.54) is 0 Å². The number of hydrogen-bond acceptors (Lipinski definition) is 3. The summed E-state index contributed by atoms with van der Waals surface area (Å²) in [7, 11) is 0. The van der Waals surface area contributed by atoms with Crippen molar-refractivity contribution in [3.63, 3.8) is 0 Å². The Kier molecular flexibility index (Phi) is 4.56. The first-order valence-electron chi connectivity index (χ1n) is 6.26. The van der Waals surface area contributed by atoms with Gasteiger partial charge in [-0.05, 0) is 31.5 Å². The Morgan fingerprint density at radius 2 is 2.06 bits per heavy atom. The zero-order valence-electron chi connectivity index (χ0n) is 10.1. The molecule has 2 rings (SSSR count). The maximum absolute atomic E-state index is 11.3. The second kappa shape index (κ2) is 6.40. The monoisotopic (exact) mass is 233 g/mol. The standard InChI is InChI=1S/C14H19NO2/c16-13-6-4-9-15(12-13)10-5-11-17-14-7-2-1-3-8-14/h1-3,7-8H,4-6,9-12H2. The van der Waals surface area contributed by atoms with Crippen molar-refractivity contribution in [3.8, 4) is 5.75 Å². The third kappa shape index (κ3) is 4.19. The van der Waals surface area contributed by atoms with Crippen molar-refractivity contribution in [2.24, 2.45) is 0 Å². The molecule has 3 nitrogen and oxygen atoms in total. The van der Waals surface area contributed by atoms with Crippen molar-refractivity contribution in [2.75, 3.05) is 26.2 Å². The minimum atomic E-state index is 0.375. The molecule has 0 aliphatic carbocycles. The molecule has 1 aliphatic heterocycles. The van der Waals surface area contributed by atoms with Crippen molar-refractivity contribution in [2.45, 2.75) is 19.3 Å². The molecule has 0 bridgehead atoms.